The van der Waals surface area contributed by atoms with Crippen LogP contribution in [0.5, 0.6) is 11.5 Å². The highest BCUT2D eigenvalue weighted by atomic mass is 32.2. The average Bonchev–Trinajstić information content (AvgIpc) is 3.22. The molecule has 160 valence electrons. The van der Waals surface area contributed by atoms with Gasteiger partial charge >= 0.3 is 0 Å². The summed E-state index contributed by atoms with van der Waals surface area (Å²) in [5, 5.41) is 0. The predicted molar refractivity (Wildman–Crippen MR) is 107 cm³/mol. The highest BCUT2D eigenvalue weighted by molar-refractivity contribution is 7.91. The minimum atomic E-state index is -3.82. The van der Waals surface area contributed by atoms with Gasteiger partial charge in [-0.05, 0) is 24.3 Å². The molecule has 1 N–H and O–H groups in total. The molecule has 1 saturated heterocycles. The minimum Gasteiger partial charge on any atom is -0.493 e. The number of hydrogen-bond acceptors (Lipinski definition) is 8. The fourth-order valence-electron chi connectivity index (χ4n) is 2.74. The largest absolute Gasteiger partial charge is 0.493 e. The number of hydrogen-bond donors (Lipinski definition) is 1. The molecule has 0 unspecified atom stereocenters. The monoisotopic (exact) mass is 462 g/mol. The average molecular weight is 463 g/mol. The van der Waals surface area contributed by atoms with Crippen LogP contribution in [-0.2, 0) is 31.3 Å². The molecule has 1 aromatic heterocycles. The summed E-state index contributed by atoms with van der Waals surface area (Å²) in [6.45, 7) is 1.31. The van der Waals surface area contributed by atoms with Crippen LogP contribution in [0.2, 0.25) is 0 Å². The Kier molecular flexibility index (Phi) is 6.81. The summed E-state index contributed by atoms with van der Waals surface area (Å²) in [6.07, 6.45) is 0. The van der Waals surface area contributed by atoms with Crippen molar-refractivity contribution in [2.75, 3.05) is 40.5 Å². The Morgan fingerprint density at radius 1 is 1.03 bits per heavy atom. The van der Waals surface area contributed by atoms with Crippen LogP contribution >= 0.6 is 11.3 Å². The molecule has 0 spiro atoms. The molecule has 1 aliphatic rings. The van der Waals surface area contributed by atoms with Crippen molar-refractivity contribution in [1.82, 2.24) is 9.03 Å². The molecule has 2 aromatic rings. The minimum absolute atomic E-state index is 0.0212. The number of benzene rings is 1. The van der Waals surface area contributed by atoms with Gasteiger partial charge in [-0.1, -0.05) is 0 Å². The molecule has 0 saturated carbocycles. The van der Waals surface area contributed by atoms with Crippen molar-refractivity contribution in [2.24, 2.45) is 0 Å². The molecule has 3 rings (SSSR count). The molecule has 0 aliphatic carbocycles. The van der Waals surface area contributed by atoms with Crippen LogP contribution in [0.15, 0.2) is 39.4 Å². The van der Waals surface area contributed by atoms with Crippen molar-refractivity contribution in [1.29, 1.82) is 0 Å². The Hall–Kier alpha value is -1.70. The summed E-state index contributed by atoms with van der Waals surface area (Å²) in [5.74, 6) is 0.716. The zero-order chi connectivity index (χ0) is 21.1. The number of sulfonamides is 2. The highest BCUT2D eigenvalue weighted by Gasteiger charge is 2.28. The summed E-state index contributed by atoms with van der Waals surface area (Å²) in [7, 11) is -4.54. The zero-order valence-electron chi connectivity index (χ0n) is 16.0. The van der Waals surface area contributed by atoms with E-state index in [1.807, 2.05) is 0 Å². The van der Waals surface area contributed by atoms with Crippen LogP contribution in [0.4, 0.5) is 0 Å². The van der Waals surface area contributed by atoms with E-state index in [4.69, 9.17) is 14.2 Å². The quantitative estimate of drug-likeness (QED) is 0.629. The molecule has 0 bridgehead atoms. The van der Waals surface area contributed by atoms with E-state index in [0.29, 0.717) is 42.7 Å². The highest BCUT2D eigenvalue weighted by Crippen LogP contribution is 2.30. The molecule has 2 heterocycles. The van der Waals surface area contributed by atoms with Gasteiger partial charge in [-0.15, -0.1) is 11.3 Å². The Bertz CT molecular complexity index is 1060. The van der Waals surface area contributed by atoms with Crippen molar-refractivity contribution in [3.63, 3.8) is 0 Å². The van der Waals surface area contributed by atoms with Gasteiger partial charge in [-0.2, -0.15) is 4.31 Å². The molecular formula is C17H22N2O7S3. The third kappa shape index (κ3) is 4.90. The third-order valence-electron chi connectivity index (χ3n) is 4.30. The number of rotatable bonds is 8. The van der Waals surface area contributed by atoms with E-state index in [0.717, 1.165) is 11.3 Å². The van der Waals surface area contributed by atoms with Crippen LogP contribution in [0.25, 0.3) is 0 Å². The lowest BCUT2D eigenvalue weighted by Crippen LogP contribution is -2.40. The normalized spacial score (nSPS) is 15.9. The predicted octanol–water partition coefficient (Wildman–Crippen LogP) is 1.26. The Balaban J connectivity index is 1.72. The molecule has 1 aromatic carbocycles. The standard InChI is InChI=1S/C17H22N2O7S3/c1-24-15-5-4-14(11-16(15)25-2)28(20,21)18-12-13-3-6-17(27-13)29(22,23)19-7-9-26-10-8-19/h3-6,11,18H,7-10,12H2,1-2H3. The van der Waals surface area contributed by atoms with Crippen molar-refractivity contribution < 1.29 is 31.0 Å². The van der Waals surface area contributed by atoms with Crippen LogP contribution in [0, 0.1) is 0 Å². The maximum atomic E-state index is 12.7. The second-order valence-corrected chi connectivity index (χ2v) is 11.2. The summed E-state index contributed by atoms with van der Waals surface area (Å²) in [6, 6.07) is 7.38. The first kappa shape index (κ1) is 22.0. The Labute approximate surface area is 174 Å². The van der Waals surface area contributed by atoms with Crippen LogP contribution in [-0.4, -0.2) is 61.7 Å². The molecule has 29 heavy (non-hydrogen) atoms. The van der Waals surface area contributed by atoms with Gasteiger partial charge in [-0.25, -0.2) is 21.6 Å². The summed E-state index contributed by atoms with van der Waals surface area (Å²) in [4.78, 5) is 0.605. The number of nitrogens with one attached hydrogen (secondary N) is 1. The maximum Gasteiger partial charge on any atom is 0.252 e. The van der Waals surface area contributed by atoms with Gasteiger partial charge in [-0.3, -0.25) is 0 Å². The van der Waals surface area contributed by atoms with Gasteiger partial charge in [0.25, 0.3) is 10.0 Å². The van der Waals surface area contributed by atoms with E-state index in [1.165, 1.54) is 42.8 Å². The number of nitrogens with zero attached hydrogens (tertiary/aromatic N) is 1. The second kappa shape index (κ2) is 8.98. The number of ether oxygens (including phenoxy) is 3. The lowest BCUT2D eigenvalue weighted by atomic mass is 10.3. The lowest BCUT2D eigenvalue weighted by molar-refractivity contribution is 0.0731. The van der Waals surface area contributed by atoms with Crippen LogP contribution in [0.1, 0.15) is 4.88 Å². The zero-order valence-corrected chi connectivity index (χ0v) is 18.4. The maximum absolute atomic E-state index is 12.7. The molecule has 0 radical (unpaired) electrons. The summed E-state index contributed by atoms with van der Waals surface area (Å²) >= 11 is 1.04. The van der Waals surface area contributed by atoms with Gasteiger partial charge in [0.05, 0.1) is 32.3 Å². The fraction of sp³-hybridized carbons (Fsp3) is 0.412. The van der Waals surface area contributed by atoms with E-state index < -0.39 is 20.0 Å². The van der Waals surface area contributed by atoms with Crippen molar-refractivity contribution in [2.45, 2.75) is 15.6 Å². The van der Waals surface area contributed by atoms with Gasteiger partial charge in [0.2, 0.25) is 10.0 Å². The van der Waals surface area contributed by atoms with E-state index in [2.05, 4.69) is 4.72 Å². The number of thiophene rings is 1. The fourth-order valence-corrected chi connectivity index (χ4v) is 6.71. The molecule has 9 nitrogen and oxygen atoms in total. The summed E-state index contributed by atoms with van der Waals surface area (Å²) < 4.78 is 70.0. The third-order valence-corrected chi connectivity index (χ3v) is 9.15. The first-order valence-electron chi connectivity index (χ1n) is 8.66. The van der Waals surface area contributed by atoms with E-state index in [-0.39, 0.29) is 15.6 Å². The van der Waals surface area contributed by atoms with E-state index in [1.54, 1.807) is 6.07 Å². The van der Waals surface area contributed by atoms with Gasteiger partial charge < -0.3 is 14.2 Å². The molecule has 1 fully saturated rings. The summed E-state index contributed by atoms with van der Waals surface area (Å²) in [5.41, 5.74) is 0. The first-order chi connectivity index (χ1) is 13.8. The van der Waals surface area contributed by atoms with Gasteiger partial charge in [0.1, 0.15) is 4.21 Å². The Morgan fingerprint density at radius 3 is 2.38 bits per heavy atom. The molecule has 12 heteroatoms. The number of methoxy groups -OCH3 is 2. The van der Waals surface area contributed by atoms with Crippen molar-refractivity contribution in [3.05, 3.63) is 35.2 Å². The smallest absolute Gasteiger partial charge is 0.252 e. The molecule has 0 atom stereocenters. The molecular weight excluding hydrogens is 440 g/mol. The topological polar surface area (TPSA) is 111 Å². The lowest BCUT2D eigenvalue weighted by Gasteiger charge is -2.25. The van der Waals surface area contributed by atoms with Crippen molar-refractivity contribution in [3.8, 4) is 11.5 Å². The molecule has 0 amide bonds. The Morgan fingerprint density at radius 2 is 1.72 bits per heavy atom. The van der Waals surface area contributed by atoms with Crippen molar-refractivity contribution >= 4 is 31.4 Å². The SMILES string of the molecule is COc1ccc(S(=O)(=O)NCc2ccc(S(=O)(=O)N3CCOCC3)s2)cc1OC. The van der Waals surface area contributed by atoms with E-state index in [9.17, 15) is 16.8 Å². The van der Waals surface area contributed by atoms with Crippen LogP contribution in [0.3, 0.4) is 0 Å². The number of morpholine rings is 1. The van der Waals surface area contributed by atoms with Gasteiger partial charge in [0.15, 0.2) is 11.5 Å². The van der Waals surface area contributed by atoms with E-state index >= 15 is 0 Å². The van der Waals surface area contributed by atoms with Gasteiger partial charge in [0, 0.05) is 30.6 Å². The second-order valence-electron chi connectivity index (χ2n) is 6.08. The first-order valence-corrected chi connectivity index (χ1v) is 12.4. The molecule has 1 aliphatic heterocycles. The van der Waals surface area contributed by atoms with Crippen LogP contribution < -0.4 is 14.2 Å².